The van der Waals surface area contributed by atoms with E-state index in [1.165, 1.54) is 15.6 Å². The van der Waals surface area contributed by atoms with E-state index in [2.05, 4.69) is 0 Å². The van der Waals surface area contributed by atoms with Gasteiger partial charge in [0.25, 0.3) is 10.0 Å². The lowest BCUT2D eigenvalue weighted by molar-refractivity contribution is 0.300. The Bertz CT molecular complexity index is 484. The van der Waals surface area contributed by atoms with E-state index in [1.54, 1.807) is 30.9 Å². The number of rotatable bonds is 8. The molecule has 1 unspecified atom stereocenters. The number of thioether (sulfide) groups is 1. The van der Waals surface area contributed by atoms with Gasteiger partial charge >= 0.3 is 0 Å². The van der Waals surface area contributed by atoms with Crippen molar-refractivity contribution in [3.63, 3.8) is 0 Å². The lowest BCUT2D eigenvalue weighted by atomic mass is 10.3. The number of aliphatic hydroxyl groups excluding tert-OH is 1. The van der Waals surface area contributed by atoms with Gasteiger partial charge in [0, 0.05) is 36.7 Å². The lowest BCUT2D eigenvalue weighted by Crippen LogP contribution is -2.37. The summed E-state index contributed by atoms with van der Waals surface area (Å²) in [6, 6.07) is 3.42. The third-order valence-corrected chi connectivity index (χ3v) is 7.21. The molecular formula is C12H21NO3S3. The van der Waals surface area contributed by atoms with Gasteiger partial charge in [-0.1, -0.05) is 6.92 Å². The maximum absolute atomic E-state index is 12.5. The van der Waals surface area contributed by atoms with Crippen LogP contribution in [0.15, 0.2) is 16.3 Å². The van der Waals surface area contributed by atoms with Crippen molar-refractivity contribution in [3.05, 3.63) is 17.0 Å². The number of aliphatic hydroxyl groups is 1. The molecule has 7 heteroatoms. The summed E-state index contributed by atoms with van der Waals surface area (Å²) in [7, 11) is -1.77. The first-order valence-electron chi connectivity index (χ1n) is 6.13. The topological polar surface area (TPSA) is 57.6 Å². The smallest absolute Gasteiger partial charge is 0.252 e. The highest BCUT2D eigenvalue weighted by Gasteiger charge is 2.28. The molecule has 1 N–H and O–H groups in total. The summed E-state index contributed by atoms with van der Waals surface area (Å²) in [4.78, 5) is 0.896. The fourth-order valence-corrected chi connectivity index (χ4v) is 5.65. The molecule has 4 nitrogen and oxygen atoms in total. The number of thiophene rings is 1. The molecule has 0 saturated heterocycles. The van der Waals surface area contributed by atoms with Crippen LogP contribution >= 0.6 is 23.1 Å². The van der Waals surface area contributed by atoms with Gasteiger partial charge in [-0.25, -0.2) is 8.42 Å². The van der Waals surface area contributed by atoms with Crippen LogP contribution < -0.4 is 0 Å². The molecule has 19 heavy (non-hydrogen) atoms. The van der Waals surface area contributed by atoms with Gasteiger partial charge in [0.2, 0.25) is 0 Å². The van der Waals surface area contributed by atoms with Crippen molar-refractivity contribution >= 4 is 33.1 Å². The molecule has 0 aromatic carbocycles. The molecule has 1 aromatic heterocycles. The van der Waals surface area contributed by atoms with Crippen LogP contribution in [0.2, 0.25) is 0 Å². The molecule has 0 spiro atoms. The quantitative estimate of drug-likeness (QED) is 0.795. The molecule has 1 atom stereocenters. The normalized spacial score (nSPS) is 13.9. The number of hydrogen-bond donors (Lipinski definition) is 1. The van der Waals surface area contributed by atoms with Gasteiger partial charge in [-0.15, -0.1) is 11.3 Å². The average Bonchev–Trinajstić information content (AvgIpc) is 2.85. The van der Waals surface area contributed by atoms with Crippen molar-refractivity contribution in [1.29, 1.82) is 0 Å². The van der Waals surface area contributed by atoms with Crippen molar-refractivity contribution in [3.8, 4) is 0 Å². The molecule has 1 aromatic rings. The third-order valence-electron chi connectivity index (χ3n) is 2.97. The molecule has 0 amide bonds. The van der Waals surface area contributed by atoms with Crippen LogP contribution in [0.25, 0.3) is 0 Å². The Kier molecular flexibility index (Phi) is 6.82. The molecule has 0 radical (unpaired) electrons. The van der Waals surface area contributed by atoms with Crippen molar-refractivity contribution in [2.45, 2.75) is 30.0 Å². The van der Waals surface area contributed by atoms with Gasteiger partial charge in [-0.05, 0) is 24.8 Å². The monoisotopic (exact) mass is 323 g/mol. The molecule has 0 saturated carbocycles. The van der Waals surface area contributed by atoms with Gasteiger partial charge in [-0.2, -0.15) is 16.1 Å². The number of hydrogen-bond acceptors (Lipinski definition) is 5. The van der Waals surface area contributed by atoms with Crippen LogP contribution in [0, 0.1) is 0 Å². The second-order valence-corrected chi connectivity index (χ2v) is 8.54. The summed E-state index contributed by atoms with van der Waals surface area (Å²) in [5, 5.41) is 8.88. The highest BCUT2D eigenvalue weighted by Crippen LogP contribution is 2.26. The predicted octanol–water partition coefficient (Wildman–Crippen LogP) is 2.05. The zero-order valence-electron chi connectivity index (χ0n) is 11.5. The SMILES string of the molecule is CCC(CSC)N(C)S(=O)(=O)c1ccc(CCO)s1. The second kappa shape index (κ2) is 7.64. The van der Waals surface area contributed by atoms with Gasteiger partial charge in [-0.3, -0.25) is 0 Å². The molecule has 0 aliphatic heterocycles. The van der Waals surface area contributed by atoms with Gasteiger partial charge < -0.3 is 5.11 Å². The van der Waals surface area contributed by atoms with E-state index >= 15 is 0 Å². The highest BCUT2D eigenvalue weighted by molar-refractivity contribution is 7.98. The Morgan fingerprint density at radius 1 is 1.47 bits per heavy atom. The first-order valence-corrected chi connectivity index (χ1v) is 9.79. The fraction of sp³-hybridized carbons (Fsp3) is 0.667. The maximum atomic E-state index is 12.5. The lowest BCUT2D eigenvalue weighted by Gasteiger charge is -2.25. The minimum atomic E-state index is -3.41. The van der Waals surface area contributed by atoms with Crippen molar-refractivity contribution < 1.29 is 13.5 Å². The molecule has 0 aliphatic carbocycles. The van der Waals surface area contributed by atoms with Gasteiger partial charge in [0.1, 0.15) is 4.21 Å². The molecule has 110 valence electrons. The Hall–Kier alpha value is -0.0800. The Morgan fingerprint density at radius 2 is 2.16 bits per heavy atom. The maximum Gasteiger partial charge on any atom is 0.252 e. The number of nitrogens with zero attached hydrogens (tertiary/aromatic N) is 1. The Balaban J connectivity index is 2.94. The van der Waals surface area contributed by atoms with Crippen LogP contribution in [-0.2, 0) is 16.4 Å². The van der Waals surface area contributed by atoms with Crippen molar-refractivity contribution in [2.24, 2.45) is 0 Å². The third kappa shape index (κ3) is 4.19. The molecular weight excluding hydrogens is 302 g/mol. The van der Waals surface area contributed by atoms with E-state index in [4.69, 9.17) is 5.11 Å². The van der Waals surface area contributed by atoms with Crippen LogP contribution in [0.3, 0.4) is 0 Å². The number of sulfonamides is 1. The minimum Gasteiger partial charge on any atom is -0.396 e. The molecule has 0 aliphatic rings. The Morgan fingerprint density at radius 3 is 2.68 bits per heavy atom. The van der Waals surface area contributed by atoms with E-state index in [9.17, 15) is 8.42 Å². The minimum absolute atomic E-state index is 0.0170. The second-order valence-electron chi connectivity index (χ2n) is 4.23. The summed E-state index contributed by atoms with van der Waals surface area (Å²) in [5.74, 6) is 0.793. The van der Waals surface area contributed by atoms with Crippen molar-refractivity contribution in [1.82, 2.24) is 4.31 Å². The van der Waals surface area contributed by atoms with Gasteiger partial charge in [0.15, 0.2) is 0 Å². The summed E-state index contributed by atoms with van der Waals surface area (Å²) in [6.45, 7) is 2.04. The molecule has 0 bridgehead atoms. The molecule has 0 fully saturated rings. The van der Waals surface area contributed by atoms with E-state index in [1.807, 2.05) is 13.2 Å². The van der Waals surface area contributed by atoms with E-state index < -0.39 is 10.0 Å². The zero-order chi connectivity index (χ0) is 14.5. The predicted molar refractivity (Wildman–Crippen MR) is 82.5 cm³/mol. The van der Waals surface area contributed by atoms with Crippen LogP contribution in [0.1, 0.15) is 18.2 Å². The average molecular weight is 324 g/mol. The highest BCUT2D eigenvalue weighted by atomic mass is 32.2. The van der Waals surface area contributed by atoms with E-state index in [-0.39, 0.29) is 12.6 Å². The Labute approximate surface area is 123 Å². The summed E-state index contributed by atoms with van der Waals surface area (Å²) in [5.41, 5.74) is 0. The largest absolute Gasteiger partial charge is 0.396 e. The molecule has 1 rings (SSSR count). The summed E-state index contributed by atoms with van der Waals surface area (Å²) >= 11 is 2.89. The fourth-order valence-electron chi connectivity index (χ4n) is 1.75. The molecule has 1 heterocycles. The van der Waals surface area contributed by atoms with E-state index in [0.29, 0.717) is 10.6 Å². The standard InChI is InChI=1S/C12H21NO3S3/c1-4-10(9-17-3)13(2)19(15,16)12-6-5-11(18-12)7-8-14/h5-6,10,14H,4,7-9H2,1-3H3. The first-order chi connectivity index (χ1) is 8.97. The van der Waals surface area contributed by atoms with E-state index in [0.717, 1.165) is 17.1 Å². The van der Waals surface area contributed by atoms with Crippen LogP contribution in [0.4, 0.5) is 0 Å². The van der Waals surface area contributed by atoms with Gasteiger partial charge in [0.05, 0.1) is 0 Å². The first kappa shape index (κ1) is 17.0. The van der Waals surface area contributed by atoms with Crippen LogP contribution in [0.5, 0.6) is 0 Å². The van der Waals surface area contributed by atoms with Crippen LogP contribution in [-0.4, -0.2) is 49.5 Å². The summed E-state index contributed by atoms with van der Waals surface area (Å²) in [6.07, 6.45) is 3.28. The van der Waals surface area contributed by atoms with Crippen molar-refractivity contribution in [2.75, 3.05) is 25.7 Å². The summed E-state index contributed by atoms with van der Waals surface area (Å²) < 4.78 is 26.8. The zero-order valence-corrected chi connectivity index (χ0v) is 13.9.